The second-order valence-corrected chi connectivity index (χ2v) is 7.78. The Labute approximate surface area is 183 Å². The lowest BCUT2D eigenvalue weighted by molar-refractivity contribution is -0.0175. The summed E-state index contributed by atoms with van der Waals surface area (Å²) in [5.74, 6) is 1.90. The lowest BCUT2D eigenvalue weighted by Crippen LogP contribution is -2.14. The Morgan fingerprint density at radius 2 is 1.90 bits per heavy atom. The molecule has 31 heavy (non-hydrogen) atoms. The van der Waals surface area contributed by atoms with Gasteiger partial charge in [0.1, 0.15) is 29.4 Å². The average molecular weight is 435 g/mol. The van der Waals surface area contributed by atoms with E-state index >= 15 is 0 Å². The molecule has 5 nitrogen and oxygen atoms in total. The van der Waals surface area contributed by atoms with Gasteiger partial charge in [-0.1, -0.05) is 41.9 Å². The Morgan fingerprint density at radius 1 is 1.06 bits per heavy atom. The van der Waals surface area contributed by atoms with Gasteiger partial charge in [-0.15, -0.1) is 0 Å². The fraction of sp³-hybridized carbons (Fsp3) is 0.160. The first kappa shape index (κ1) is 19.7. The van der Waals surface area contributed by atoms with Crippen LogP contribution in [0.2, 0.25) is 5.02 Å². The maximum absolute atomic E-state index is 13.1. The molecule has 1 aliphatic heterocycles. The molecular formula is C25H19ClO5. The highest BCUT2D eigenvalue weighted by Crippen LogP contribution is 2.33. The van der Waals surface area contributed by atoms with Crippen LogP contribution < -0.4 is 14.9 Å². The molecule has 0 atom stereocenters. The number of aryl methyl sites for hydroxylation is 1. The van der Waals surface area contributed by atoms with Gasteiger partial charge in [0.25, 0.3) is 0 Å². The van der Waals surface area contributed by atoms with Crippen LogP contribution >= 0.6 is 11.6 Å². The number of halogens is 1. The number of ether oxygens (including phenoxy) is 3. The van der Waals surface area contributed by atoms with Gasteiger partial charge in [-0.05, 0) is 36.8 Å². The molecular weight excluding hydrogens is 416 g/mol. The summed E-state index contributed by atoms with van der Waals surface area (Å²) in [6, 6.07) is 18.4. The molecule has 0 N–H and O–H groups in total. The van der Waals surface area contributed by atoms with Crippen molar-refractivity contribution >= 4 is 22.6 Å². The Morgan fingerprint density at radius 3 is 2.74 bits per heavy atom. The smallest absolute Gasteiger partial charge is 0.200 e. The van der Waals surface area contributed by atoms with Gasteiger partial charge in [-0.25, -0.2) is 0 Å². The molecule has 1 aromatic heterocycles. The largest absolute Gasteiger partial charge is 0.489 e. The number of hydrogen-bond donors (Lipinski definition) is 0. The van der Waals surface area contributed by atoms with E-state index in [1.807, 2.05) is 42.5 Å². The summed E-state index contributed by atoms with van der Waals surface area (Å²) in [6.07, 6.45) is 0. The lowest BCUT2D eigenvalue weighted by atomic mass is 10.0. The minimum atomic E-state index is -0.0613. The zero-order valence-corrected chi connectivity index (χ0v) is 17.6. The second-order valence-electron chi connectivity index (χ2n) is 7.34. The maximum Gasteiger partial charge on any atom is 0.200 e. The fourth-order valence-electron chi connectivity index (χ4n) is 3.84. The number of hydrogen-bond acceptors (Lipinski definition) is 5. The molecule has 0 saturated heterocycles. The monoisotopic (exact) mass is 434 g/mol. The van der Waals surface area contributed by atoms with Crippen LogP contribution in [0.25, 0.3) is 22.1 Å². The summed E-state index contributed by atoms with van der Waals surface area (Å²) in [5, 5.41) is 1.11. The van der Waals surface area contributed by atoms with Crippen molar-refractivity contribution in [2.75, 3.05) is 6.79 Å². The Bertz CT molecular complexity index is 1330. The lowest BCUT2D eigenvalue weighted by Gasteiger charge is -2.21. The summed E-state index contributed by atoms with van der Waals surface area (Å²) >= 11 is 6.23. The van der Waals surface area contributed by atoms with E-state index in [9.17, 15) is 4.79 Å². The summed E-state index contributed by atoms with van der Waals surface area (Å²) < 4.78 is 22.9. The first-order chi connectivity index (χ1) is 15.1. The minimum absolute atomic E-state index is 0.0613. The van der Waals surface area contributed by atoms with Crippen molar-refractivity contribution in [1.29, 1.82) is 0 Å². The van der Waals surface area contributed by atoms with Crippen LogP contribution in [0, 0.1) is 6.92 Å². The van der Waals surface area contributed by atoms with E-state index in [4.69, 9.17) is 30.2 Å². The quantitative estimate of drug-likeness (QED) is 0.402. The van der Waals surface area contributed by atoms with E-state index in [0.717, 1.165) is 22.4 Å². The maximum atomic E-state index is 13.1. The Kier molecular flexibility index (Phi) is 5.14. The van der Waals surface area contributed by atoms with Gasteiger partial charge in [0.05, 0.1) is 17.6 Å². The Hall–Kier alpha value is -3.28. The number of fused-ring (bicyclic) bond motifs is 2. The predicted molar refractivity (Wildman–Crippen MR) is 119 cm³/mol. The van der Waals surface area contributed by atoms with Gasteiger partial charge in [0.15, 0.2) is 6.79 Å². The third-order valence-electron chi connectivity index (χ3n) is 5.25. The first-order valence-corrected chi connectivity index (χ1v) is 10.3. The third-order valence-corrected chi connectivity index (χ3v) is 5.47. The van der Waals surface area contributed by atoms with E-state index in [1.165, 1.54) is 0 Å². The van der Waals surface area contributed by atoms with Gasteiger partial charge >= 0.3 is 0 Å². The normalized spacial score (nSPS) is 13.0. The molecule has 2 heterocycles. The van der Waals surface area contributed by atoms with Crippen LogP contribution in [0.4, 0.5) is 0 Å². The van der Waals surface area contributed by atoms with Crippen molar-refractivity contribution in [3.05, 3.63) is 92.8 Å². The number of rotatable bonds is 4. The van der Waals surface area contributed by atoms with Crippen molar-refractivity contribution in [3.8, 4) is 22.6 Å². The van der Waals surface area contributed by atoms with E-state index in [0.29, 0.717) is 39.7 Å². The molecule has 0 aliphatic carbocycles. The molecule has 0 saturated carbocycles. The van der Waals surface area contributed by atoms with E-state index in [1.54, 1.807) is 25.1 Å². The molecule has 5 rings (SSSR count). The molecule has 156 valence electrons. The zero-order chi connectivity index (χ0) is 21.4. The van der Waals surface area contributed by atoms with Crippen LogP contribution in [-0.2, 0) is 18.0 Å². The van der Waals surface area contributed by atoms with Crippen LogP contribution in [0.1, 0.15) is 16.9 Å². The first-order valence-electron chi connectivity index (χ1n) is 9.87. The molecule has 4 aromatic rings. The minimum Gasteiger partial charge on any atom is -0.489 e. The van der Waals surface area contributed by atoms with Gasteiger partial charge < -0.3 is 18.6 Å². The Balaban J connectivity index is 1.46. The molecule has 3 aromatic carbocycles. The SMILES string of the molecule is Cc1oc2cc(OCc3cc(Cl)cc4c3OCOC4)ccc2c(=O)c1-c1ccccc1. The van der Waals surface area contributed by atoms with Crippen LogP contribution in [0.3, 0.4) is 0 Å². The fourth-order valence-corrected chi connectivity index (χ4v) is 4.10. The number of benzene rings is 3. The molecule has 0 fully saturated rings. The molecule has 0 bridgehead atoms. The van der Waals surface area contributed by atoms with Crippen molar-refractivity contribution in [2.24, 2.45) is 0 Å². The highest BCUT2D eigenvalue weighted by molar-refractivity contribution is 6.30. The molecule has 0 spiro atoms. The highest BCUT2D eigenvalue weighted by atomic mass is 35.5. The molecule has 6 heteroatoms. The van der Waals surface area contributed by atoms with E-state index < -0.39 is 0 Å². The van der Waals surface area contributed by atoms with Gasteiger partial charge in [-0.2, -0.15) is 0 Å². The molecule has 0 radical (unpaired) electrons. The van der Waals surface area contributed by atoms with Crippen LogP contribution in [0.15, 0.2) is 69.9 Å². The topological polar surface area (TPSA) is 57.9 Å². The molecule has 1 aliphatic rings. The van der Waals surface area contributed by atoms with Crippen LogP contribution in [0.5, 0.6) is 11.5 Å². The summed E-state index contributed by atoms with van der Waals surface area (Å²) in [5.41, 5.74) is 3.57. The molecule has 0 unspecified atom stereocenters. The van der Waals surface area contributed by atoms with Crippen LogP contribution in [-0.4, -0.2) is 6.79 Å². The highest BCUT2D eigenvalue weighted by Gasteiger charge is 2.18. The van der Waals surface area contributed by atoms with Crippen molar-refractivity contribution < 1.29 is 18.6 Å². The summed E-state index contributed by atoms with van der Waals surface area (Å²) in [7, 11) is 0. The van der Waals surface area contributed by atoms with E-state index in [2.05, 4.69) is 0 Å². The van der Waals surface area contributed by atoms with Gasteiger partial charge in [-0.3, -0.25) is 4.79 Å². The predicted octanol–water partition coefficient (Wildman–Crippen LogP) is 5.87. The third kappa shape index (κ3) is 3.78. The van der Waals surface area contributed by atoms with E-state index in [-0.39, 0.29) is 18.8 Å². The van der Waals surface area contributed by atoms with Crippen molar-refractivity contribution in [1.82, 2.24) is 0 Å². The standard InChI is InChI=1S/C25H19ClO5/c1-15-23(16-5-3-2-4-6-16)24(27)21-8-7-20(11-22(21)31-15)29-13-18-10-19(26)9-17-12-28-14-30-25(17)18/h2-11H,12-14H2,1H3. The van der Waals surface area contributed by atoms with Gasteiger partial charge in [0.2, 0.25) is 5.43 Å². The average Bonchev–Trinajstić information content (AvgIpc) is 2.78. The van der Waals surface area contributed by atoms with Gasteiger partial charge in [0, 0.05) is 22.2 Å². The van der Waals surface area contributed by atoms with Crippen molar-refractivity contribution in [2.45, 2.75) is 20.1 Å². The summed E-state index contributed by atoms with van der Waals surface area (Å²) in [6.45, 7) is 2.72. The zero-order valence-electron chi connectivity index (χ0n) is 16.8. The summed E-state index contributed by atoms with van der Waals surface area (Å²) in [4.78, 5) is 13.1. The molecule has 0 amide bonds. The second kappa shape index (κ2) is 8.10. The van der Waals surface area contributed by atoms with Crippen molar-refractivity contribution in [3.63, 3.8) is 0 Å².